The molecule has 8 nitrogen and oxygen atoms in total. The molecule has 0 unspecified atom stereocenters. The number of methoxy groups -OCH3 is 1. The van der Waals surface area contributed by atoms with Crippen molar-refractivity contribution in [1.82, 2.24) is 15.2 Å². The van der Waals surface area contributed by atoms with Crippen LogP contribution in [0.3, 0.4) is 0 Å². The number of alkyl halides is 3. The number of likely N-dealkylation sites (tertiary alicyclic amines) is 1. The van der Waals surface area contributed by atoms with Crippen molar-refractivity contribution in [2.75, 3.05) is 25.5 Å². The molecule has 12 heteroatoms. The number of ether oxygens (including phenoxy) is 2. The second-order valence-corrected chi connectivity index (χ2v) is 10.5. The Bertz CT molecular complexity index is 1450. The highest BCUT2D eigenvalue weighted by atomic mass is 35.5. The van der Waals surface area contributed by atoms with Gasteiger partial charge in [0, 0.05) is 53.8 Å². The zero-order valence-electron chi connectivity index (χ0n) is 21.8. The first-order valence-corrected chi connectivity index (χ1v) is 13.2. The smallest absolute Gasteiger partial charge is 0.433 e. The van der Waals surface area contributed by atoms with Crippen LogP contribution in [0.2, 0.25) is 5.02 Å². The molecule has 2 atom stereocenters. The van der Waals surface area contributed by atoms with E-state index in [-0.39, 0.29) is 42.2 Å². The van der Waals surface area contributed by atoms with Crippen molar-refractivity contribution in [3.8, 4) is 11.5 Å². The first kappa shape index (κ1) is 27.8. The van der Waals surface area contributed by atoms with E-state index in [0.717, 1.165) is 18.9 Å². The predicted octanol–water partition coefficient (Wildman–Crippen LogP) is 5.29. The summed E-state index contributed by atoms with van der Waals surface area (Å²) in [5.41, 5.74) is -0.365. The van der Waals surface area contributed by atoms with Gasteiger partial charge in [0.2, 0.25) is 5.91 Å². The standard InChI is InChI=1S/C28H28ClF3N4O4/c1-15(37)36-13-18(33-23-12-26(28(30,31)32)35-22-7-4-17(29)10-21(22)23)11-19(14-36)34-27(38)16-3-8-24(25(9-16)39-2)40-20-5-6-20/h3-4,7-10,12,18-20H,5-6,11,13-14H2,1-2H3,(H,33,35)(H,34,38)/t18-,19+/m1/s1. The number of halogens is 4. The quantitative estimate of drug-likeness (QED) is 0.397. The Balaban J connectivity index is 1.37. The lowest BCUT2D eigenvalue weighted by Crippen LogP contribution is -2.55. The fraction of sp³-hybridized carbons (Fsp3) is 0.393. The van der Waals surface area contributed by atoms with Gasteiger partial charge in [0.25, 0.3) is 5.91 Å². The average molecular weight is 577 g/mol. The Morgan fingerprint density at radius 1 is 1.05 bits per heavy atom. The molecule has 0 radical (unpaired) electrons. The largest absolute Gasteiger partial charge is 0.493 e. The normalized spacial score (nSPS) is 19.3. The topological polar surface area (TPSA) is 92.8 Å². The van der Waals surface area contributed by atoms with Crippen molar-refractivity contribution in [2.24, 2.45) is 0 Å². The molecule has 40 heavy (non-hydrogen) atoms. The van der Waals surface area contributed by atoms with Gasteiger partial charge < -0.3 is 25.0 Å². The number of fused-ring (bicyclic) bond motifs is 1. The zero-order valence-corrected chi connectivity index (χ0v) is 22.6. The summed E-state index contributed by atoms with van der Waals surface area (Å²) in [7, 11) is 1.50. The van der Waals surface area contributed by atoms with Crippen molar-refractivity contribution < 1.29 is 32.2 Å². The molecular formula is C28H28ClF3N4O4. The number of nitrogens with zero attached hydrogens (tertiary/aromatic N) is 2. The summed E-state index contributed by atoms with van der Waals surface area (Å²) >= 11 is 6.13. The third-order valence-corrected chi connectivity index (χ3v) is 7.13. The number of carbonyl (C=O) groups is 2. The molecular weight excluding hydrogens is 549 g/mol. The molecule has 212 valence electrons. The Labute approximate surface area is 233 Å². The molecule has 2 amide bonds. The third kappa shape index (κ3) is 6.35. The Kier molecular flexibility index (Phi) is 7.67. The van der Waals surface area contributed by atoms with Crippen LogP contribution < -0.4 is 20.1 Å². The van der Waals surface area contributed by atoms with E-state index in [1.807, 2.05) is 0 Å². The maximum absolute atomic E-state index is 13.6. The monoisotopic (exact) mass is 576 g/mol. The van der Waals surface area contributed by atoms with E-state index in [0.29, 0.717) is 33.9 Å². The van der Waals surface area contributed by atoms with Crippen molar-refractivity contribution in [1.29, 1.82) is 0 Å². The van der Waals surface area contributed by atoms with Crippen molar-refractivity contribution in [3.05, 3.63) is 58.7 Å². The van der Waals surface area contributed by atoms with Crippen molar-refractivity contribution >= 4 is 40.0 Å². The number of hydrogen-bond acceptors (Lipinski definition) is 6. The van der Waals surface area contributed by atoms with Crippen LogP contribution in [0, 0.1) is 0 Å². The average Bonchev–Trinajstić information content (AvgIpc) is 3.72. The molecule has 1 aliphatic carbocycles. The van der Waals surface area contributed by atoms with Gasteiger partial charge in [-0.2, -0.15) is 13.2 Å². The van der Waals surface area contributed by atoms with E-state index < -0.39 is 24.0 Å². The maximum Gasteiger partial charge on any atom is 0.433 e. The van der Waals surface area contributed by atoms with Crippen LogP contribution in [-0.4, -0.2) is 60.1 Å². The van der Waals surface area contributed by atoms with Crippen LogP contribution in [0.5, 0.6) is 11.5 Å². The van der Waals surface area contributed by atoms with E-state index >= 15 is 0 Å². The molecule has 5 rings (SSSR count). The number of benzene rings is 2. The van der Waals surface area contributed by atoms with Crippen LogP contribution >= 0.6 is 11.6 Å². The number of rotatable bonds is 7. The van der Waals surface area contributed by atoms with Crippen LogP contribution in [0.25, 0.3) is 10.9 Å². The lowest BCUT2D eigenvalue weighted by atomic mass is 9.99. The fourth-order valence-corrected chi connectivity index (χ4v) is 4.96. The van der Waals surface area contributed by atoms with Crippen LogP contribution in [0.1, 0.15) is 42.2 Å². The number of nitrogens with one attached hydrogen (secondary N) is 2. The van der Waals surface area contributed by atoms with Gasteiger partial charge in [-0.25, -0.2) is 4.98 Å². The zero-order chi connectivity index (χ0) is 28.6. The SMILES string of the molecule is COc1cc(C(=O)N[C@H]2C[C@@H](Nc3cc(C(F)(F)F)nc4ccc(Cl)cc34)CN(C(C)=O)C2)ccc1OC1CC1. The Hall–Kier alpha value is -3.73. The highest BCUT2D eigenvalue weighted by Crippen LogP contribution is 2.36. The molecule has 1 saturated heterocycles. The van der Waals surface area contributed by atoms with Crippen molar-refractivity contribution in [3.63, 3.8) is 0 Å². The van der Waals surface area contributed by atoms with E-state index in [1.165, 1.54) is 26.2 Å². The molecule has 1 saturated carbocycles. The molecule has 3 aromatic rings. The third-order valence-electron chi connectivity index (χ3n) is 6.90. The minimum atomic E-state index is -4.65. The second kappa shape index (κ2) is 11.0. The molecule has 0 bridgehead atoms. The van der Waals surface area contributed by atoms with Crippen molar-refractivity contribution in [2.45, 2.75) is 50.6 Å². The molecule has 2 N–H and O–H groups in total. The molecule has 2 fully saturated rings. The van der Waals surface area contributed by atoms with E-state index in [1.54, 1.807) is 29.2 Å². The van der Waals surface area contributed by atoms with Gasteiger partial charge in [-0.05, 0) is 61.7 Å². The molecule has 0 spiro atoms. The van der Waals surface area contributed by atoms with E-state index in [2.05, 4.69) is 15.6 Å². The lowest BCUT2D eigenvalue weighted by Gasteiger charge is -2.38. The molecule has 2 heterocycles. The summed E-state index contributed by atoms with van der Waals surface area (Å²) in [6.45, 7) is 1.92. The van der Waals surface area contributed by atoms with Gasteiger partial charge in [0.05, 0.1) is 18.7 Å². The van der Waals surface area contributed by atoms with Gasteiger partial charge in [-0.3, -0.25) is 9.59 Å². The minimum absolute atomic E-state index is 0.133. The molecule has 2 aromatic carbocycles. The fourth-order valence-electron chi connectivity index (χ4n) is 4.79. The summed E-state index contributed by atoms with van der Waals surface area (Å²) < 4.78 is 52.0. The number of piperidine rings is 1. The molecule has 1 aromatic heterocycles. The van der Waals surface area contributed by atoms with Crippen LogP contribution in [0.15, 0.2) is 42.5 Å². The first-order chi connectivity index (χ1) is 19.0. The van der Waals surface area contributed by atoms with Gasteiger partial charge in [-0.1, -0.05) is 11.6 Å². The highest BCUT2D eigenvalue weighted by molar-refractivity contribution is 6.31. The maximum atomic E-state index is 13.6. The van der Waals surface area contributed by atoms with Gasteiger partial charge >= 0.3 is 6.18 Å². The van der Waals surface area contributed by atoms with Gasteiger partial charge in [-0.15, -0.1) is 0 Å². The van der Waals surface area contributed by atoms with Crippen LogP contribution in [-0.2, 0) is 11.0 Å². The minimum Gasteiger partial charge on any atom is -0.493 e. The van der Waals surface area contributed by atoms with Gasteiger partial charge in [0.15, 0.2) is 11.5 Å². The number of aromatic nitrogens is 1. The van der Waals surface area contributed by atoms with Gasteiger partial charge in [0.1, 0.15) is 5.69 Å². The highest BCUT2D eigenvalue weighted by Gasteiger charge is 2.35. The first-order valence-electron chi connectivity index (χ1n) is 12.8. The molecule has 1 aliphatic heterocycles. The predicted molar refractivity (Wildman–Crippen MR) is 144 cm³/mol. The summed E-state index contributed by atoms with van der Waals surface area (Å²) in [6.07, 6.45) is -2.16. The number of hydrogen-bond donors (Lipinski definition) is 2. The Morgan fingerprint density at radius 2 is 1.80 bits per heavy atom. The second-order valence-electron chi connectivity index (χ2n) is 10.1. The van der Waals surface area contributed by atoms with E-state index in [9.17, 15) is 22.8 Å². The summed E-state index contributed by atoms with van der Waals surface area (Å²) in [4.78, 5) is 30.8. The van der Waals surface area contributed by atoms with E-state index in [4.69, 9.17) is 21.1 Å². The number of anilines is 1. The Morgan fingerprint density at radius 3 is 2.48 bits per heavy atom. The summed E-state index contributed by atoms with van der Waals surface area (Å²) in [5, 5.41) is 6.89. The summed E-state index contributed by atoms with van der Waals surface area (Å²) in [5.74, 6) is 0.421. The lowest BCUT2D eigenvalue weighted by molar-refractivity contribution is -0.140. The number of pyridine rings is 1. The number of carbonyl (C=O) groups excluding carboxylic acids is 2. The molecule has 2 aliphatic rings. The van der Waals surface area contributed by atoms with Crippen LogP contribution in [0.4, 0.5) is 18.9 Å². The number of amides is 2. The summed E-state index contributed by atoms with van der Waals surface area (Å²) in [6, 6.07) is 9.40.